The summed E-state index contributed by atoms with van der Waals surface area (Å²) in [6.07, 6.45) is 2.46. The van der Waals surface area contributed by atoms with Gasteiger partial charge in [0.2, 0.25) is 0 Å². The highest BCUT2D eigenvalue weighted by Gasteiger charge is 2.19. The Bertz CT molecular complexity index is 389. The maximum absolute atomic E-state index is 3.50. The van der Waals surface area contributed by atoms with Crippen molar-refractivity contribution in [3.8, 4) is 0 Å². The smallest absolute Gasteiger partial charge is 0.0428 e. The maximum Gasteiger partial charge on any atom is 0.0428 e. The van der Waals surface area contributed by atoms with Gasteiger partial charge < -0.3 is 10.2 Å². The van der Waals surface area contributed by atoms with Crippen LogP contribution in [0, 0.1) is 20.8 Å². The summed E-state index contributed by atoms with van der Waals surface area (Å²) in [5, 5.41) is 3.50. The lowest BCUT2D eigenvalue weighted by Crippen LogP contribution is -2.40. The number of hydrogen-bond donors (Lipinski definition) is 1. The van der Waals surface area contributed by atoms with Crippen molar-refractivity contribution in [1.29, 1.82) is 0 Å². The molecule has 0 amide bonds. The first-order valence-corrected chi connectivity index (χ1v) is 7.15. The molecule has 100 valence electrons. The molecule has 1 N–H and O–H groups in total. The number of aryl methyl sites for hydroxylation is 3. The molecule has 1 fully saturated rings. The zero-order chi connectivity index (χ0) is 13.1. The fourth-order valence-corrected chi connectivity index (χ4v) is 3.14. The maximum atomic E-state index is 3.50. The molecule has 1 unspecified atom stereocenters. The van der Waals surface area contributed by atoms with Gasteiger partial charge in [0.05, 0.1) is 0 Å². The third kappa shape index (κ3) is 2.86. The van der Waals surface area contributed by atoms with E-state index in [1.807, 2.05) is 0 Å². The van der Waals surface area contributed by atoms with E-state index in [0.29, 0.717) is 6.04 Å². The second-order valence-electron chi connectivity index (χ2n) is 5.68. The van der Waals surface area contributed by atoms with Gasteiger partial charge in [0.25, 0.3) is 0 Å². The van der Waals surface area contributed by atoms with E-state index in [1.165, 1.54) is 41.8 Å². The van der Waals surface area contributed by atoms with Crippen LogP contribution >= 0.6 is 0 Å². The number of benzene rings is 1. The third-order valence-corrected chi connectivity index (χ3v) is 3.95. The molecule has 0 saturated carbocycles. The van der Waals surface area contributed by atoms with E-state index in [4.69, 9.17) is 0 Å². The summed E-state index contributed by atoms with van der Waals surface area (Å²) in [6.45, 7) is 12.5. The van der Waals surface area contributed by atoms with Crippen LogP contribution in [-0.2, 0) is 0 Å². The topological polar surface area (TPSA) is 15.3 Å². The van der Waals surface area contributed by atoms with E-state index in [-0.39, 0.29) is 0 Å². The Hall–Kier alpha value is -1.02. The molecule has 1 heterocycles. The largest absolute Gasteiger partial charge is 0.368 e. The summed E-state index contributed by atoms with van der Waals surface area (Å²) < 4.78 is 0. The Kier molecular flexibility index (Phi) is 4.28. The molecular weight excluding hydrogens is 220 g/mol. The van der Waals surface area contributed by atoms with Crippen molar-refractivity contribution in [3.05, 3.63) is 28.8 Å². The standard InChI is InChI=1S/C16H26N2/c1-12-10-13(2)16(14(3)11-12)18-9-5-7-17-8-6-15(18)4/h10-11,15,17H,5-9H2,1-4H3. The Morgan fingerprint density at radius 2 is 1.78 bits per heavy atom. The van der Waals surface area contributed by atoms with Crippen LogP contribution in [0.2, 0.25) is 0 Å². The van der Waals surface area contributed by atoms with Crippen molar-refractivity contribution < 1.29 is 0 Å². The van der Waals surface area contributed by atoms with Crippen LogP contribution in [0.15, 0.2) is 12.1 Å². The minimum Gasteiger partial charge on any atom is -0.368 e. The molecule has 0 radical (unpaired) electrons. The first kappa shape index (κ1) is 13.4. The summed E-state index contributed by atoms with van der Waals surface area (Å²) >= 11 is 0. The molecule has 0 aromatic heterocycles. The molecule has 0 bridgehead atoms. The summed E-state index contributed by atoms with van der Waals surface area (Å²) in [4.78, 5) is 2.62. The van der Waals surface area contributed by atoms with Gasteiger partial charge in [-0.2, -0.15) is 0 Å². The summed E-state index contributed by atoms with van der Waals surface area (Å²) in [6, 6.07) is 5.25. The number of hydrogen-bond acceptors (Lipinski definition) is 2. The lowest BCUT2D eigenvalue weighted by Gasteiger charge is -2.36. The van der Waals surface area contributed by atoms with E-state index in [2.05, 4.69) is 50.0 Å². The summed E-state index contributed by atoms with van der Waals surface area (Å²) in [7, 11) is 0. The first-order chi connectivity index (χ1) is 8.59. The van der Waals surface area contributed by atoms with Gasteiger partial charge in [0, 0.05) is 18.3 Å². The molecular formula is C16H26N2. The van der Waals surface area contributed by atoms with Crippen LogP contribution in [0.4, 0.5) is 5.69 Å². The number of nitrogens with one attached hydrogen (secondary N) is 1. The predicted octanol–water partition coefficient (Wildman–Crippen LogP) is 3.19. The first-order valence-electron chi connectivity index (χ1n) is 7.15. The van der Waals surface area contributed by atoms with E-state index in [9.17, 15) is 0 Å². The zero-order valence-electron chi connectivity index (χ0n) is 12.2. The van der Waals surface area contributed by atoms with Gasteiger partial charge in [-0.25, -0.2) is 0 Å². The molecule has 1 saturated heterocycles. The molecule has 1 aliphatic heterocycles. The Morgan fingerprint density at radius 1 is 1.11 bits per heavy atom. The van der Waals surface area contributed by atoms with Gasteiger partial charge in [-0.1, -0.05) is 17.7 Å². The van der Waals surface area contributed by atoms with E-state index in [0.717, 1.165) is 13.1 Å². The minimum absolute atomic E-state index is 0.623. The molecule has 1 aromatic carbocycles. The Balaban J connectivity index is 2.32. The van der Waals surface area contributed by atoms with Crippen LogP contribution in [0.1, 0.15) is 36.5 Å². The minimum atomic E-state index is 0.623. The van der Waals surface area contributed by atoms with Gasteiger partial charge in [0.1, 0.15) is 0 Å². The van der Waals surface area contributed by atoms with Gasteiger partial charge in [-0.05, 0) is 64.8 Å². The average Bonchev–Trinajstić information content (AvgIpc) is 2.26. The second kappa shape index (κ2) is 5.75. The van der Waals surface area contributed by atoms with Gasteiger partial charge in [-0.3, -0.25) is 0 Å². The second-order valence-corrected chi connectivity index (χ2v) is 5.68. The van der Waals surface area contributed by atoms with Crippen LogP contribution in [-0.4, -0.2) is 25.7 Å². The third-order valence-electron chi connectivity index (χ3n) is 3.95. The SMILES string of the molecule is Cc1cc(C)c(N2CCCNCCC2C)c(C)c1. The number of nitrogens with zero attached hydrogens (tertiary/aromatic N) is 1. The molecule has 2 rings (SSSR count). The van der Waals surface area contributed by atoms with Crippen molar-refractivity contribution in [2.45, 2.75) is 46.6 Å². The van der Waals surface area contributed by atoms with E-state index >= 15 is 0 Å². The van der Waals surface area contributed by atoms with Crippen molar-refractivity contribution in [2.24, 2.45) is 0 Å². The molecule has 2 nitrogen and oxygen atoms in total. The van der Waals surface area contributed by atoms with Crippen LogP contribution < -0.4 is 10.2 Å². The Morgan fingerprint density at radius 3 is 2.44 bits per heavy atom. The van der Waals surface area contributed by atoms with Gasteiger partial charge in [-0.15, -0.1) is 0 Å². The molecule has 2 heteroatoms. The fraction of sp³-hybridized carbons (Fsp3) is 0.625. The van der Waals surface area contributed by atoms with Crippen molar-refractivity contribution in [1.82, 2.24) is 5.32 Å². The van der Waals surface area contributed by atoms with Crippen molar-refractivity contribution >= 4 is 5.69 Å². The van der Waals surface area contributed by atoms with Gasteiger partial charge in [0.15, 0.2) is 0 Å². The summed E-state index contributed by atoms with van der Waals surface area (Å²) in [5.41, 5.74) is 5.69. The van der Waals surface area contributed by atoms with Gasteiger partial charge >= 0.3 is 0 Å². The Labute approximate surface area is 111 Å². The normalized spacial score (nSPS) is 21.6. The number of anilines is 1. The zero-order valence-corrected chi connectivity index (χ0v) is 12.2. The van der Waals surface area contributed by atoms with E-state index < -0.39 is 0 Å². The molecule has 1 aliphatic rings. The van der Waals surface area contributed by atoms with Crippen LogP contribution in [0.25, 0.3) is 0 Å². The lowest BCUT2D eigenvalue weighted by molar-refractivity contribution is 0.498. The highest BCUT2D eigenvalue weighted by atomic mass is 15.2. The van der Waals surface area contributed by atoms with Crippen molar-refractivity contribution in [3.63, 3.8) is 0 Å². The summed E-state index contributed by atoms with van der Waals surface area (Å²) in [5.74, 6) is 0. The molecule has 0 spiro atoms. The van der Waals surface area contributed by atoms with Crippen LogP contribution in [0.3, 0.4) is 0 Å². The molecule has 1 atom stereocenters. The molecule has 0 aliphatic carbocycles. The lowest BCUT2D eigenvalue weighted by atomic mass is 10.0. The quantitative estimate of drug-likeness (QED) is 0.818. The van der Waals surface area contributed by atoms with E-state index in [1.54, 1.807) is 0 Å². The predicted molar refractivity (Wildman–Crippen MR) is 79.6 cm³/mol. The van der Waals surface area contributed by atoms with Crippen molar-refractivity contribution in [2.75, 3.05) is 24.5 Å². The highest BCUT2D eigenvalue weighted by molar-refractivity contribution is 5.60. The number of rotatable bonds is 1. The molecule has 1 aromatic rings. The van der Waals surface area contributed by atoms with Crippen LogP contribution in [0.5, 0.6) is 0 Å². The molecule has 18 heavy (non-hydrogen) atoms. The monoisotopic (exact) mass is 246 g/mol. The highest BCUT2D eigenvalue weighted by Crippen LogP contribution is 2.29. The average molecular weight is 246 g/mol. The fourth-order valence-electron chi connectivity index (χ4n) is 3.14.